The molecule has 0 bridgehead atoms. The SMILES string of the molecule is CCCNC(C)Cc1nc(Cc2ccc(Br)cc2)no1. The van der Waals surface area contributed by atoms with Crippen molar-refractivity contribution in [3.05, 3.63) is 46.0 Å². The van der Waals surface area contributed by atoms with Crippen molar-refractivity contribution in [2.75, 3.05) is 6.54 Å². The highest BCUT2D eigenvalue weighted by Gasteiger charge is 2.10. The third-order valence-corrected chi connectivity index (χ3v) is 3.54. The number of halogens is 1. The summed E-state index contributed by atoms with van der Waals surface area (Å²) in [6, 6.07) is 8.52. The Kier molecular flexibility index (Phi) is 5.73. The number of hydrogen-bond donors (Lipinski definition) is 1. The Morgan fingerprint density at radius 2 is 2.05 bits per heavy atom. The van der Waals surface area contributed by atoms with Gasteiger partial charge in [0, 0.05) is 23.4 Å². The van der Waals surface area contributed by atoms with Gasteiger partial charge in [0.2, 0.25) is 5.89 Å². The molecule has 1 aromatic heterocycles. The molecule has 1 unspecified atom stereocenters. The predicted octanol–water partition coefficient (Wildman–Crippen LogP) is 3.35. The lowest BCUT2D eigenvalue weighted by Crippen LogP contribution is -2.28. The lowest BCUT2D eigenvalue weighted by molar-refractivity contribution is 0.358. The molecule has 0 spiro atoms. The van der Waals surface area contributed by atoms with Crippen LogP contribution in [-0.4, -0.2) is 22.7 Å². The van der Waals surface area contributed by atoms with Gasteiger partial charge in [0.25, 0.3) is 0 Å². The fourth-order valence-corrected chi connectivity index (χ4v) is 2.22. The van der Waals surface area contributed by atoms with Crippen LogP contribution in [-0.2, 0) is 12.8 Å². The molecule has 0 saturated carbocycles. The second-order valence-corrected chi connectivity index (χ2v) is 5.88. The Labute approximate surface area is 128 Å². The van der Waals surface area contributed by atoms with E-state index in [2.05, 4.69) is 57.4 Å². The maximum atomic E-state index is 5.30. The summed E-state index contributed by atoms with van der Waals surface area (Å²) in [5, 5.41) is 7.45. The van der Waals surface area contributed by atoms with E-state index >= 15 is 0 Å². The van der Waals surface area contributed by atoms with Crippen LogP contribution in [0.3, 0.4) is 0 Å². The zero-order valence-electron chi connectivity index (χ0n) is 11.9. The highest BCUT2D eigenvalue weighted by atomic mass is 79.9. The lowest BCUT2D eigenvalue weighted by Gasteiger charge is -2.09. The molecular formula is C15H20BrN3O. The third-order valence-electron chi connectivity index (χ3n) is 3.01. The average Bonchev–Trinajstić information content (AvgIpc) is 2.86. The maximum Gasteiger partial charge on any atom is 0.228 e. The first-order valence-corrected chi connectivity index (χ1v) is 7.76. The Balaban J connectivity index is 1.90. The van der Waals surface area contributed by atoms with Crippen molar-refractivity contribution in [1.29, 1.82) is 0 Å². The largest absolute Gasteiger partial charge is 0.339 e. The molecule has 2 aromatic rings. The Bertz CT molecular complexity index is 524. The number of benzene rings is 1. The summed E-state index contributed by atoms with van der Waals surface area (Å²) >= 11 is 3.43. The lowest BCUT2D eigenvalue weighted by atomic mass is 10.1. The third kappa shape index (κ3) is 4.72. The van der Waals surface area contributed by atoms with Crippen LogP contribution < -0.4 is 5.32 Å². The van der Waals surface area contributed by atoms with Gasteiger partial charge in [-0.1, -0.05) is 40.1 Å². The predicted molar refractivity (Wildman–Crippen MR) is 82.7 cm³/mol. The monoisotopic (exact) mass is 337 g/mol. The highest BCUT2D eigenvalue weighted by molar-refractivity contribution is 9.10. The van der Waals surface area contributed by atoms with Gasteiger partial charge in [-0.05, 0) is 37.6 Å². The van der Waals surface area contributed by atoms with Crippen molar-refractivity contribution in [1.82, 2.24) is 15.5 Å². The van der Waals surface area contributed by atoms with E-state index in [1.807, 2.05) is 12.1 Å². The van der Waals surface area contributed by atoms with E-state index in [0.717, 1.165) is 29.7 Å². The summed E-state index contributed by atoms with van der Waals surface area (Å²) in [6.45, 7) is 5.30. The van der Waals surface area contributed by atoms with Crippen molar-refractivity contribution in [3.63, 3.8) is 0 Å². The van der Waals surface area contributed by atoms with E-state index in [1.54, 1.807) is 0 Å². The van der Waals surface area contributed by atoms with E-state index in [9.17, 15) is 0 Å². The van der Waals surface area contributed by atoms with Gasteiger partial charge >= 0.3 is 0 Å². The molecule has 5 heteroatoms. The standard InChI is InChI=1S/C15H20BrN3O/c1-3-8-17-11(2)9-15-18-14(19-20-15)10-12-4-6-13(16)7-5-12/h4-7,11,17H,3,8-10H2,1-2H3. The van der Waals surface area contributed by atoms with Crippen LogP contribution in [0.5, 0.6) is 0 Å². The van der Waals surface area contributed by atoms with Crippen LogP contribution in [0.25, 0.3) is 0 Å². The smallest absolute Gasteiger partial charge is 0.228 e. The van der Waals surface area contributed by atoms with E-state index < -0.39 is 0 Å². The van der Waals surface area contributed by atoms with Crippen LogP contribution >= 0.6 is 15.9 Å². The number of nitrogens with zero attached hydrogens (tertiary/aromatic N) is 2. The van der Waals surface area contributed by atoms with Crippen LogP contribution in [0.15, 0.2) is 33.3 Å². The molecule has 0 amide bonds. The second-order valence-electron chi connectivity index (χ2n) is 4.97. The highest BCUT2D eigenvalue weighted by Crippen LogP contribution is 2.13. The molecule has 20 heavy (non-hydrogen) atoms. The van der Waals surface area contributed by atoms with Crippen LogP contribution in [0.1, 0.15) is 37.5 Å². The number of hydrogen-bond acceptors (Lipinski definition) is 4. The van der Waals surface area contributed by atoms with Gasteiger partial charge in [-0.2, -0.15) is 4.98 Å². The van der Waals surface area contributed by atoms with Gasteiger partial charge in [0.1, 0.15) is 0 Å². The second kappa shape index (κ2) is 7.55. The quantitative estimate of drug-likeness (QED) is 0.841. The van der Waals surface area contributed by atoms with Crippen molar-refractivity contribution in [3.8, 4) is 0 Å². The van der Waals surface area contributed by atoms with Gasteiger partial charge in [0.15, 0.2) is 5.82 Å². The van der Waals surface area contributed by atoms with E-state index in [1.165, 1.54) is 5.56 Å². The minimum Gasteiger partial charge on any atom is -0.339 e. The normalized spacial score (nSPS) is 12.6. The zero-order valence-corrected chi connectivity index (χ0v) is 13.5. The zero-order chi connectivity index (χ0) is 14.4. The molecule has 0 fully saturated rings. The molecule has 1 heterocycles. The minimum atomic E-state index is 0.357. The number of rotatable bonds is 7. The van der Waals surface area contributed by atoms with E-state index in [0.29, 0.717) is 18.4 Å². The molecule has 1 aromatic carbocycles. The number of aromatic nitrogens is 2. The fraction of sp³-hybridized carbons (Fsp3) is 0.467. The molecule has 0 radical (unpaired) electrons. The van der Waals surface area contributed by atoms with Gasteiger partial charge in [-0.15, -0.1) is 0 Å². The molecule has 0 aliphatic heterocycles. The molecular weight excluding hydrogens is 318 g/mol. The van der Waals surface area contributed by atoms with Gasteiger partial charge < -0.3 is 9.84 Å². The molecule has 0 saturated heterocycles. The maximum absolute atomic E-state index is 5.30. The van der Waals surface area contributed by atoms with Crippen LogP contribution in [0.2, 0.25) is 0 Å². The Morgan fingerprint density at radius 3 is 2.75 bits per heavy atom. The van der Waals surface area contributed by atoms with Crippen molar-refractivity contribution in [2.24, 2.45) is 0 Å². The van der Waals surface area contributed by atoms with Gasteiger partial charge in [-0.3, -0.25) is 0 Å². The van der Waals surface area contributed by atoms with E-state index in [4.69, 9.17) is 4.52 Å². The molecule has 108 valence electrons. The van der Waals surface area contributed by atoms with Crippen molar-refractivity contribution in [2.45, 2.75) is 39.2 Å². The summed E-state index contributed by atoms with van der Waals surface area (Å²) in [5.41, 5.74) is 1.18. The van der Waals surface area contributed by atoms with Gasteiger partial charge in [-0.25, -0.2) is 0 Å². The first-order valence-electron chi connectivity index (χ1n) is 6.96. The summed E-state index contributed by atoms with van der Waals surface area (Å²) in [5.74, 6) is 1.44. The molecule has 4 nitrogen and oxygen atoms in total. The first kappa shape index (κ1) is 15.2. The molecule has 1 N–H and O–H groups in total. The van der Waals surface area contributed by atoms with Crippen LogP contribution in [0, 0.1) is 0 Å². The fourth-order valence-electron chi connectivity index (χ4n) is 1.95. The molecule has 2 rings (SSSR count). The molecule has 0 aliphatic carbocycles. The summed E-state index contributed by atoms with van der Waals surface area (Å²) in [6.07, 6.45) is 2.60. The molecule has 1 atom stereocenters. The first-order chi connectivity index (χ1) is 9.67. The molecule has 0 aliphatic rings. The Morgan fingerprint density at radius 1 is 1.30 bits per heavy atom. The van der Waals surface area contributed by atoms with Gasteiger partial charge in [0.05, 0.1) is 0 Å². The average molecular weight is 338 g/mol. The van der Waals surface area contributed by atoms with Crippen LogP contribution in [0.4, 0.5) is 0 Å². The van der Waals surface area contributed by atoms with Crippen molar-refractivity contribution < 1.29 is 4.52 Å². The minimum absolute atomic E-state index is 0.357. The summed E-state index contributed by atoms with van der Waals surface area (Å²) in [4.78, 5) is 4.45. The van der Waals surface area contributed by atoms with Crippen molar-refractivity contribution >= 4 is 15.9 Å². The topological polar surface area (TPSA) is 51.0 Å². The summed E-state index contributed by atoms with van der Waals surface area (Å²) < 4.78 is 6.38. The number of nitrogens with one attached hydrogen (secondary N) is 1. The van der Waals surface area contributed by atoms with E-state index in [-0.39, 0.29) is 0 Å². The Hall–Kier alpha value is -1.20. The summed E-state index contributed by atoms with van der Waals surface area (Å²) in [7, 11) is 0.